The van der Waals surface area contributed by atoms with Crippen molar-refractivity contribution < 1.29 is 18.0 Å². The van der Waals surface area contributed by atoms with Gasteiger partial charge in [-0.3, -0.25) is 9.59 Å². The van der Waals surface area contributed by atoms with Crippen molar-refractivity contribution in [2.75, 3.05) is 11.5 Å². The first-order chi connectivity index (χ1) is 9.44. The van der Waals surface area contributed by atoms with Crippen LogP contribution in [-0.2, 0) is 19.4 Å². The maximum Gasteiger partial charge on any atom is 0.267 e. The van der Waals surface area contributed by atoms with E-state index in [1.54, 1.807) is 0 Å². The Morgan fingerprint density at radius 2 is 2.00 bits per heavy atom. The third-order valence-corrected chi connectivity index (χ3v) is 5.54. The summed E-state index contributed by atoms with van der Waals surface area (Å²) < 4.78 is 23.0. The molecule has 2 aliphatic heterocycles. The second-order valence-corrected chi connectivity index (χ2v) is 7.82. The molecule has 1 N–H and O–H groups in total. The summed E-state index contributed by atoms with van der Waals surface area (Å²) in [4.78, 5) is 23.8. The zero-order valence-electron chi connectivity index (χ0n) is 11.0. The molecule has 7 nitrogen and oxygen atoms in total. The molecule has 2 heterocycles. The minimum atomic E-state index is -3.08. The fraction of sp³-hybridized carbons (Fsp3) is 0.750. The van der Waals surface area contributed by atoms with Crippen molar-refractivity contribution in [3.63, 3.8) is 0 Å². The number of nitrogens with one attached hydrogen (secondary N) is 1. The average Bonchev–Trinajstić information content (AvgIpc) is 3.12. The van der Waals surface area contributed by atoms with E-state index < -0.39 is 15.9 Å². The van der Waals surface area contributed by atoms with Crippen LogP contribution in [-0.4, -0.2) is 54.5 Å². The van der Waals surface area contributed by atoms with E-state index in [-0.39, 0.29) is 35.8 Å². The topological polar surface area (TPSA) is 95.9 Å². The van der Waals surface area contributed by atoms with E-state index in [0.717, 1.165) is 12.8 Å². The number of rotatable bonds is 3. The molecule has 0 spiro atoms. The molecule has 1 aliphatic carbocycles. The number of hydrazone groups is 1. The zero-order valence-corrected chi connectivity index (χ0v) is 11.9. The van der Waals surface area contributed by atoms with E-state index in [1.807, 2.05) is 0 Å². The van der Waals surface area contributed by atoms with Crippen LogP contribution in [0.1, 0.15) is 32.1 Å². The molecule has 0 radical (unpaired) electrons. The second kappa shape index (κ2) is 4.83. The highest BCUT2D eigenvalue weighted by Crippen LogP contribution is 2.23. The van der Waals surface area contributed by atoms with Crippen molar-refractivity contribution in [1.29, 1.82) is 0 Å². The first-order valence-electron chi connectivity index (χ1n) is 6.85. The molecule has 110 valence electrons. The molecule has 8 heteroatoms. The van der Waals surface area contributed by atoms with E-state index in [0.29, 0.717) is 18.6 Å². The monoisotopic (exact) mass is 299 g/mol. The Kier molecular flexibility index (Phi) is 3.27. The summed E-state index contributed by atoms with van der Waals surface area (Å²) >= 11 is 0. The third kappa shape index (κ3) is 2.84. The molecule has 1 saturated heterocycles. The van der Waals surface area contributed by atoms with Crippen molar-refractivity contribution in [2.45, 2.75) is 44.2 Å². The number of carbonyl (C=O) groups is 2. The second-order valence-electron chi connectivity index (χ2n) is 5.59. The Balaban J connectivity index is 1.74. The minimum Gasteiger partial charge on any atom is -0.348 e. The molecule has 0 bridgehead atoms. The van der Waals surface area contributed by atoms with Gasteiger partial charge in [0.25, 0.3) is 5.91 Å². The summed E-state index contributed by atoms with van der Waals surface area (Å²) in [5.74, 6) is -0.402. The van der Waals surface area contributed by atoms with Crippen LogP contribution in [0, 0.1) is 0 Å². The summed E-state index contributed by atoms with van der Waals surface area (Å²) in [6, 6.07) is -0.181. The smallest absolute Gasteiger partial charge is 0.267 e. The lowest BCUT2D eigenvalue weighted by Crippen LogP contribution is -2.44. The average molecular weight is 299 g/mol. The van der Waals surface area contributed by atoms with E-state index in [4.69, 9.17) is 0 Å². The van der Waals surface area contributed by atoms with Crippen molar-refractivity contribution >= 4 is 27.4 Å². The van der Waals surface area contributed by atoms with Gasteiger partial charge in [-0.05, 0) is 19.3 Å². The highest BCUT2D eigenvalue weighted by atomic mass is 32.2. The van der Waals surface area contributed by atoms with Crippen LogP contribution in [0.25, 0.3) is 0 Å². The molecule has 1 saturated carbocycles. The lowest BCUT2D eigenvalue weighted by atomic mass is 10.1. The van der Waals surface area contributed by atoms with Gasteiger partial charge in [0.1, 0.15) is 5.71 Å². The van der Waals surface area contributed by atoms with Crippen molar-refractivity contribution in [3.8, 4) is 0 Å². The Morgan fingerprint density at radius 3 is 2.60 bits per heavy atom. The van der Waals surface area contributed by atoms with Gasteiger partial charge < -0.3 is 5.32 Å². The molecule has 0 aromatic rings. The summed E-state index contributed by atoms with van der Waals surface area (Å²) in [5, 5.41) is 8.17. The molecule has 3 aliphatic rings. The van der Waals surface area contributed by atoms with Crippen LogP contribution in [0.5, 0.6) is 0 Å². The fourth-order valence-corrected chi connectivity index (χ4v) is 4.18. The highest BCUT2D eigenvalue weighted by Gasteiger charge is 2.37. The molecule has 2 fully saturated rings. The van der Waals surface area contributed by atoms with Crippen LogP contribution in [0.15, 0.2) is 5.10 Å². The van der Waals surface area contributed by atoms with Crippen LogP contribution in [0.2, 0.25) is 0 Å². The molecule has 20 heavy (non-hydrogen) atoms. The van der Waals surface area contributed by atoms with Gasteiger partial charge in [0.2, 0.25) is 5.91 Å². The largest absolute Gasteiger partial charge is 0.348 e. The molecule has 0 aromatic carbocycles. The predicted molar refractivity (Wildman–Crippen MR) is 71.7 cm³/mol. The zero-order chi connectivity index (χ0) is 14.3. The Bertz CT molecular complexity index is 580. The number of carbonyl (C=O) groups excluding carboxylic acids is 2. The third-order valence-electron chi connectivity index (χ3n) is 3.79. The summed E-state index contributed by atoms with van der Waals surface area (Å²) in [5.41, 5.74) is 0.334. The van der Waals surface area contributed by atoms with E-state index >= 15 is 0 Å². The Labute approximate surface area is 117 Å². The first-order valence-corrected chi connectivity index (χ1v) is 8.67. The minimum absolute atomic E-state index is 0.0558. The fourth-order valence-electron chi connectivity index (χ4n) is 2.48. The standard InChI is InChI=1S/C12H17N3O4S/c16-11-4-3-10(12(17)13-8-1-2-8)14-15(11)9-5-6-20(18,19)7-9/h8-9H,1-7H2,(H,13,17)/t9-/m1/s1. The maximum atomic E-state index is 11.9. The molecule has 2 amide bonds. The quantitative estimate of drug-likeness (QED) is 0.755. The molecule has 0 aromatic heterocycles. The van der Waals surface area contributed by atoms with Gasteiger partial charge in [-0.25, -0.2) is 13.4 Å². The number of nitrogens with zero attached hydrogens (tertiary/aromatic N) is 2. The van der Waals surface area contributed by atoms with Crippen LogP contribution in [0.3, 0.4) is 0 Å². The number of hydrogen-bond acceptors (Lipinski definition) is 5. The van der Waals surface area contributed by atoms with Crippen molar-refractivity contribution in [1.82, 2.24) is 10.3 Å². The lowest BCUT2D eigenvalue weighted by Gasteiger charge is -2.27. The number of sulfone groups is 1. The van der Waals surface area contributed by atoms with Gasteiger partial charge in [0.15, 0.2) is 9.84 Å². The van der Waals surface area contributed by atoms with Gasteiger partial charge in [-0.1, -0.05) is 0 Å². The molecular formula is C12H17N3O4S. The van der Waals surface area contributed by atoms with Gasteiger partial charge in [-0.15, -0.1) is 0 Å². The Morgan fingerprint density at radius 1 is 1.25 bits per heavy atom. The summed E-state index contributed by atoms with van der Waals surface area (Å²) in [6.07, 6.45) is 2.92. The number of amides is 2. The van der Waals surface area contributed by atoms with Crippen molar-refractivity contribution in [2.24, 2.45) is 5.10 Å². The van der Waals surface area contributed by atoms with Gasteiger partial charge in [0.05, 0.1) is 17.5 Å². The van der Waals surface area contributed by atoms with Crippen molar-refractivity contribution in [3.05, 3.63) is 0 Å². The van der Waals surface area contributed by atoms with Gasteiger partial charge in [-0.2, -0.15) is 5.10 Å². The SMILES string of the molecule is O=C(NC1CC1)C1=NN([C@@H]2CCS(=O)(=O)C2)C(=O)CC1. The Hall–Kier alpha value is -1.44. The molecule has 0 unspecified atom stereocenters. The lowest BCUT2D eigenvalue weighted by molar-refractivity contribution is -0.133. The molecule has 3 rings (SSSR count). The summed E-state index contributed by atoms with van der Waals surface area (Å²) in [7, 11) is -3.08. The van der Waals surface area contributed by atoms with Gasteiger partial charge >= 0.3 is 0 Å². The van der Waals surface area contributed by atoms with E-state index in [9.17, 15) is 18.0 Å². The normalized spacial score (nSPS) is 29.2. The van der Waals surface area contributed by atoms with Crippen LogP contribution in [0.4, 0.5) is 0 Å². The maximum absolute atomic E-state index is 11.9. The van der Waals surface area contributed by atoms with E-state index in [2.05, 4.69) is 10.4 Å². The first kappa shape index (κ1) is 13.5. The van der Waals surface area contributed by atoms with Gasteiger partial charge in [0, 0.05) is 18.9 Å². The van der Waals surface area contributed by atoms with Crippen LogP contribution >= 0.6 is 0 Å². The highest BCUT2D eigenvalue weighted by molar-refractivity contribution is 7.91. The summed E-state index contributed by atoms with van der Waals surface area (Å²) in [6.45, 7) is 0. The molecular weight excluding hydrogens is 282 g/mol. The predicted octanol–water partition coefficient (Wildman–Crippen LogP) is -0.570. The van der Waals surface area contributed by atoms with E-state index in [1.165, 1.54) is 5.01 Å². The van der Waals surface area contributed by atoms with Crippen LogP contribution < -0.4 is 5.32 Å². The molecule has 1 atom stereocenters. The number of hydrogen-bond donors (Lipinski definition) is 1.